The SMILES string of the molecule is Cc1cc(NS(=O)(=O)c2cc(Br)cnc2Cl)ncc1Br. The van der Waals surface area contributed by atoms with Gasteiger partial charge in [0.25, 0.3) is 10.0 Å². The first-order valence-corrected chi connectivity index (χ1v) is 8.70. The molecule has 9 heteroatoms. The van der Waals surface area contributed by atoms with Gasteiger partial charge in [-0.25, -0.2) is 18.4 Å². The summed E-state index contributed by atoms with van der Waals surface area (Å²) in [4.78, 5) is 7.66. The van der Waals surface area contributed by atoms with Crippen LogP contribution in [0.3, 0.4) is 0 Å². The van der Waals surface area contributed by atoms with Crippen LogP contribution in [-0.2, 0) is 10.0 Å². The summed E-state index contributed by atoms with van der Waals surface area (Å²) in [5.74, 6) is 0.210. The number of aryl methyl sites for hydroxylation is 1. The first-order chi connectivity index (χ1) is 9.29. The zero-order valence-electron chi connectivity index (χ0n) is 10.1. The number of anilines is 1. The Morgan fingerprint density at radius 2 is 1.90 bits per heavy atom. The van der Waals surface area contributed by atoms with Crippen LogP contribution in [0.4, 0.5) is 5.82 Å². The highest BCUT2D eigenvalue weighted by Gasteiger charge is 2.20. The molecular weight excluding hydrogens is 433 g/mol. The van der Waals surface area contributed by atoms with E-state index in [2.05, 4.69) is 46.5 Å². The number of hydrogen-bond acceptors (Lipinski definition) is 4. The summed E-state index contributed by atoms with van der Waals surface area (Å²) in [6, 6.07) is 2.99. The molecule has 0 aliphatic carbocycles. The molecule has 2 aromatic heterocycles. The van der Waals surface area contributed by atoms with Crippen LogP contribution in [0.2, 0.25) is 5.15 Å². The summed E-state index contributed by atoms with van der Waals surface area (Å²) in [6.07, 6.45) is 2.94. The van der Waals surface area contributed by atoms with Crippen LogP contribution in [0, 0.1) is 6.92 Å². The Morgan fingerprint density at radius 3 is 2.55 bits per heavy atom. The normalized spacial score (nSPS) is 11.4. The first kappa shape index (κ1) is 15.7. The quantitative estimate of drug-likeness (QED) is 0.736. The van der Waals surface area contributed by atoms with Gasteiger partial charge in [0.05, 0.1) is 0 Å². The van der Waals surface area contributed by atoms with Crippen molar-refractivity contribution in [1.29, 1.82) is 0 Å². The number of pyridine rings is 2. The predicted molar refractivity (Wildman–Crippen MR) is 84.4 cm³/mol. The van der Waals surface area contributed by atoms with E-state index in [1.165, 1.54) is 18.5 Å². The number of nitrogens with one attached hydrogen (secondary N) is 1. The van der Waals surface area contributed by atoms with Gasteiger partial charge in [-0.2, -0.15) is 0 Å². The monoisotopic (exact) mass is 439 g/mol. The predicted octanol–water partition coefficient (Wildman–Crippen LogP) is 3.76. The minimum absolute atomic E-state index is 0.102. The highest BCUT2D eigenvalue weighted by Crippen LogP contribution is 2.25. The Hall–Kier alpha value is -0.700. The van der Waals surface area contributed by atoms with Crippen molar-refractivity contribution in [3.05, 3.63) is 44.2 Å². The van der Waals surface area contributed by atoms with Gasteiger partial charge >= 0.3 is 0 Å². The second-order valence-corrected chi connectivity index (χ2v) is 7.65. The molecule has 0 aliphatic heterocycles. The number of hydrogen-bond donors (Lipinski definition) is 1. The second kappa shape index (κ2) is 5.97. The van der Waals surface area contributed by atoms with Gasteiger partial charge in [-0.3, -0.25) is 4.72 Å². The lowest BCUT2D eigenvalue weighted by atomic mass is 10.3. The van der Waals surface area contributed by atoms with Gasteiger partial charge < -0.3 is 0 Å². The van der Waals surface area contributed by atoms with Crippen molar-refractivity contribution in [2.45, 2.75) is 11.8 Å². The average Bonchev–Trinajstić information content (AvgIpc) is 2.36. The van der Waals surface area contributed by atoms with Crippen molar-refractivity contribution in [3.63, 3.8) is 0 Å². The number of rotatable bonds is 3. The van der Waals surface area contributed by atoms with E-state index in [1.54, 1.807) is 6.07 Å². The molecule has 0 bridgehead atoms. The van der Waals surface area contributed by atoms with Crippen molar-refractivity contribution in [2.24, 2.45) is 0 Å². The molecule has 0 aromatic carbocycles. The average molecular weight is 442 g/mol. The molecule has 0 amide bonds. The van der Waals surface area contributed by atoms with Gasteiger partial charge in [-0.15, -0.1) is 0 Å². The van der Waals surface area contributed by atoms with Crippen molar-refractivity contribution in [1.82, 2.24) is 9.97 Å². The van der Waals surface area contributed by atoms with E-state index in [0.717, 1.165) is 10.0 Å². The molecule has 2 rings (SSSR count). The number of nitrogens with zero attached hydrogens (tertiary/aromatic N) is 2. The molecule has 0 atom stereocenters. The fraction of sp³-hybridized carbons (Fsp3) is 0.0909. The maximum atomic E-state index is 12.3. The standard InChI is InChI=1S/C11H8Br2ClN3O2S/c1-6-2-10(15-5-8(6)13)17-20(18,19)9-3-7(12)4-16-11(9)14/h2-5H,1H3,(H,15,17). The molecule has 0 aliphatic rings. The summed E-state index contributed by atoms with van der Waals surface area (Å²) >= 11 is 12.3. The van der Waals surface area contributed by atoms with E-state index in [0.29, 0.717) is 4.47 Å². The van der Waals surface area contributed by atoms with Gasteiger partial charge in [-0.05, 0) is 56.5 Å². The van der Waals surface area contributed by atoms with Gasteiger partial charge in [-0.1, -0.05) is 11.6 Å². The zero-order chi connectivity index (χ0) is 14.9. The summed E-state index contributed by atoms with van der Waals surface area (Å²) in [6.45, 7) is 1.83. The summed E-state index contributed by atoms with van der Waals surface area (Å²) < 4.78 is 28.2. The lowest BCUT2D eigenvalue weighted by Gasteiger charge is -2.09. The lowest BCUT2D eigenvalue weighted by Crippen LogP contribution is -2.15. The van der Waals surface area contributed by atoms with E-state index in [-0.39, 0.29) is 15.9 Å². The smallest absolute Gasteiger partial charge is 0.263 e. The maximum absolute atomic E-state index is 12.3. The third-order valence-corrected chi connectivity index (χ3v) is 5.39. The van der Waals surface area contributed by atoms with Gasteiger partial charge in [0.15, 0.2) is 0 Å². The third-order valence-electron chi connectivity index (χ3n) is 2.35. The Bertz CT molecular complexity index is 768. The van der Waals surface area contributed by atoms with Gasteiger partial charge in [0.2, 0.25) is 0 Å². The largest absolute Gasteiger partial charge is 0.266 e. The second-order valence-electron chi connectivity index (χ2n) is 3.87. The molecular formula is C11H8Br2ClN3O2S. The molecule has 106 valence electrons. The van der Waals surface area contributed by atoms with Crippen LogP contribution >= 0.6 is 43.5 Å². The van der Waals surface area contributed by atoms with E-state index >= 15 is 0 Å². The summed E-state index contributed by atoms with van der Waals surface area (Å²) in [5.41, 5.74) is 0.858. The minimum atomic E-state index is -3.85. The van der Waals surface area contributed by atoms with Crippen LogP contribution in [0.25, 0.3) is 0 Å². The molecule has 0 saturated heterocycles. The van der Waals surface area contributed by atoms with Crippen molar-refractivity contribution in [3.8, 4) is 0 Å². The molecule has 0 spiro atoms. The number of sulfonamides is 1. The molecule has 0 unspecified atom stereocenters. The van der Waals surface area contributed by atoms with Gasteiger partial charge in [0, 0.05) is 21.3 Å². The molecule has 0 saturated carbocycles. The van der Waals surface area contributed by atoms with E-state index in [9.17, 15) is 8.42 Å². The van der Waals surface area contributed by atoms with E-state index < -0.39 is 10.0 Å². The highest BCUT2D eigenvalue weighted by molar-refractivity contribution is 9.10. The topological polar surface area (TPSA) is 72.0 Å². The van der Waals surface area contributed by atoms with Gasteiger partial charge in [0.1, 0.15) is 15.9 Å². The molecule has 20 heavy (non-hydrogen) atoms. The van der Waals surface area contributed by atoms with Crippen LogP contribution in [-0.4, -0.2) is 18.4 Å². The van der Waals surface area contributed by atoms with Crippen molar-refractivity contribution in [2.75, 3.05) is 4.72 Å². The Kier molecular flexibility index (Phi) is 4.68. The number of halogens is 3. The Morgan fingerprint density at radius 1 is 1.20 bits per heavy atom. The summed E-state index contributed by atoms with van der Waals surface area (Å²) in [5, 5.41) is -0.102. The number of aromatic nitrogens is 2. The lowest BCUT2D eigenvalue weighted by molar-refractivity contribution is 0.600. The fourth-order valence-electron chi connectivity index (χ4n) is 1.38. The van der Waals surface area contributed by atoms with Crippen LogP contribution in [0.5, 0.6) is 0 Å². The first-order valence-electron chi connectivity index (χ1n) is 5.25. The third kappa shape index (κ3) is 3.49. The van der Waals surface area contributed by atoms with Crippen LogP contribution < -0.4 is 4.72 Å². The minimum Gasteiger partial charge on any atom is -0.263 e. The molecule has 0 radical (unpaired) electrons. The van der Waals surface area contributed by atoms with Crippen molar-refractivity contribution < 1.29 is 8.42 Å². The Balaban J connectivity index is 2.40. The molecule has 2 aromatic rings. The fourth-order valence-corrected chi connectivity index (χ4v) is 3.54. The van der Waals surface area contributed by atoms with Crippen LogP contribution in [0.1, 0.15) is 5.56 Å². The molecule has 1 N–H and O–H groups in total. The molecule has 2 heterocycles. The van der Waals surface area contributed by atoms with E-state index in [4.69, 9.17) is 11.6 Å². The van der Waals surface area contributed by atoms with E-state index in [1.807, 2.05) is 6.92 Å². The van der Waals surface area contributed by atoms with Crippen LogP contribution in [0.15, 0.2) is 38.4 Å². The zero-order valence-corrected chi connectivity index (χ0v) is 14.8. The summed E-state index contributed by atoms with van der Waals surface area (Å²) in [7, 11) is -3.85. The Labute approximate surface area is 138 Å². The highest BCUT2D eigenvalue weighted by atomic mass is 79.9. The molecule has 0 fully saturated rings. The van der Waals surface area contributed by atoms with Crippen molar-refractivity contribution >= 4 is 59.3 Å². The molecule has 5 nitrogen and oxygen atoms in total. The maximum Gasteiger partial charge on any atom is 0.266 e.